The van der Waals surface area contributed by atoms with Crippen LogP contribution < -0.4 is 5.32 Å². The number of rotatable bonds is 7. The van der Waals surface area contributed by atoms with E-state index in [4.69, 9.17) is 9.47 Å². The molecule has 0 radical (unpaired) electrons. The molecule has 0 aromatic rings. The number of amides is 1. The van der Waals surface area contributed by atoms with Gasteiger partial charge in [0.15, 0.2) is 0 Å². The Kier molecular flexibility index (Phi) is 6.46. The van der Waals surface area contributed by atoms with E-state index in [9.17, 15) is 9.59 Å². The van der Waals surface area contributed by atoms with Crippen molar-refractivity contribution in [1.82, 2.24) is 5.32 Å². The quantitative estimate of drug-likeness (QED) is 0.574. The van der Waals surface area contributed by atoms with E-state index in [0.29, 0.717) is 25.7 Å². The lowest BCUT2D eigenvalue weighted by molar-refractivity contribution is -0.156. The minimum Gasteiger partial charge on any atom is -0.460 e. The van der Waals surface area contributed by atoms with Crippen LogP contribution in [0.2, 0.25) is 0 Å². The molecule has 0 aromatic heterocycles. The highest BCUT2D eigenvalue weighted by molar-refractivity contribution is 5.76. The Labute approximate surface area is 121 Å². The van der Waals surface area contributed by atoms with E-state index < -0.39 is 5.60 Å². The van der Waals surface area contributed by atoms with E-state index in [1.807, 2.05) is 20.8 Å². The highest BCUT2D eigenvalue weighted by Gasteiger charge is 2.26. The van der Waals surface area contributed by atoms with E-state index >= 15 is 0 Å². The van der Waals surface area contributed by atoms with Crippen molar-refractivity contribution in [1.29, 1.82) is 0 Å². The molecule has 1 saturated carbocycles. The number of ether oxygens (including phenoxy) is 2. The first kappa shape index (κ1) is 17.0. The van der Waals surface area contributed by atoms with Crippen LogP contribution in [-0.4, -0.2) is 36.7 Å². The predicted molar refractivity (Wildman–Crippen MR) is 76.2 cm³/mol. The standard InChI is InChI=1S/C15H27NO4/c1-11-9-12(10-11)16-13(17)5-7-19-8-6-14(18)20-15(2,3)4/h11-12H,5-10H2,1-4H3,(H,16,17). The molecule has 1 fully saturated rings. The molecule has 0 spiro atoms. The molecule has 5 heteroatoms. The van der Waals surface area contributed by atoms with Crippen LogP contribution in [0, 0.1) is 5.92 Å². The molecule has 1 aliphatic rings. The largest absolute Gasteiger partial charge is 0.460 e. The number of carbonyl (C=O) groups is 2. The minimum absolute atomic E-state index is 0.0270. The van der Waals surface area contributed by atoms with Crippen LogP contribution in [0.25, 0.3) is 0 Å². The maximum Gasteiger partial charge on any atom is 0.308 e. The smallest absolute Gasteiger partial charge is 0.308 e. The monoisotopic (exact) mass is 285 g/mol. The first-order valence-corrected chi connectivity index (χ1v) is 7.35. The van der Waals surface area contributed by atoms with E-state index in [-0.39, 0.29) is 18.3 Å². The van der Waals surface area contributed by atoms with E-state index in [0.717, 1.165) is 18.8 Å². The summed E-state index contributed by atoms with van der Waals surface area (Å²) in [6.45, 7) is 8.31. The zero-order chi connectivity index (χ0) is 15.2. The number of nitrogens with one attached hydrogen (secondary N) is 1. The summed E-state index contributed by atoms with van der Waals surface area (Å²) in [5.41, 5.74) is -0.461. The third-order valence-corrected chi connectivity index (χ3v) is 3.08. The summed E-state index contributed by atoms with van der Waals surface area (Å²) in [5, 5.41) is 2.97. The van der Waals surface area contributed by atoms with Gasteiger partial charge in [-0.05, 0) is 39.5 Å². The molecular formula is C15H27NO4. The van der Waals surface area contributed by atoms with Gasteiger partial charge in [-0.15, -0.1) is 0 Å². The van der Waals surface area contributed by atoms with Crippen molar-refractivity contribution in [3.63, 3.8) is 0 Å². The summed E-state index contributed by atoms with van der Waals surface area (Å²) in [6, 6.07) is 0.347. The van der Waals surface area contributed by atoms with Gasteiger partial charge < -0.3 is 14.8 Å². The Morgan fingerprint density at radius 3 is 2.30 bits per heavy atom. The third kappa shape index (κ3) is 7.48. The van der Waals surface area contributed by atoms with Crippen LogP contribution in [0.3, 0.4) is 0 Å². The van der Waals surface area contributed by atoms with E-state index in [1.54, 1.807) is 0 Å². The summed E-state index contributed by atoms with van der Waals surface area (Å²) < 4.78 is 10.4. The Balaban J connectivity index is 1.96. The zero-order valence-corrected chi connectivity index (χ0v) is 13.0. The van der Waals surface area contributed by atoms with Crippen LogP contribution in [0.4, 0.5) is 0 Å². The molecule has 116 valence electrons. The van der Waals surface area contributed by atoms with Gasteiger partial charge in [0, 0.05) is 12.5 Å². The van der Waals surface area contributed by atoms with Gasteiger partial charge in [0.2, 0.25) is 5.91 Å². The second-order valence-electron chi connectivity index (χ2n) is 6.54. The van der Waals surface area contributed by atoms with Crippen LogP contribution in [0.1, 0.15) is 53.4 Å². The Hall–Kier alpha value is -1.10. The number of hydrogen-bond acceptors (Lipinski definition) is 4. The first-order valence-electron chi connectivity index (χ1n) is 7.35. The van der Waals surface area contributed by atoms with Crippen LogP contribution in [-0.2, 0) is 19.1 Å². The fourth-order valence-corrected chi connectivity index (χ4v) is 2.14. The second kappa shape index (κ2) is 7.62. The highest BCUT2D eigenvalue weighted by atomic mass is 16.6. The molecule has 1 aliphatic carbocycles. The Morgan fingerprint density at radius 2 is 1.75 bits per heavy atom. The SMILES string of the molecule is CC1CC(NC(=O)CCOCCC(=O)OC(C)(C)C)C1. The molecule has 1 amide bonds. The van der Waals surface area contributed by atoms with Crippen molar-refractivity contribution >= 4 is 11.9 Å². The van der Waals surface area contributed by atoms with Crippen LogP contribution in [0.5, 0.6) is 0 Å². The topological polar surface area (TPSA) is 64.6 Å². The summed E-state index contributed by atoms with van der Waals surface area (Å²) in [5.74, 6) is 0.481. The summed E-state index contributed by atoms with van der Waals surface area (Å²) >= 11 is 0. The summed E-state index contributed by atoms with van der Waals surface area (Å²) in [4.78, 5) is 23.0. The van der Waals surface area contributed by atoms with Gasteiger partial charge in [0.1, 0.15) is 5.60 Å². The molecule has 0 atom stereocenters. The van der Waals surface area contributed by atoms with Gasteiger partial charge in [0.05, 0.1) is 19.6 Å². The van der Waals surface area contributed by atoms with Crippen molar-refractivity contribution < 1.29 is 19.1 Å². The number of esters is 1. The van der Waals surface area contributed by atoms with Gasteiger partial charge in [-0.25, -0.2) is 0 Å². The summed E-state index contributed by atoms with van der Waals surface area (Å²) in [6.07, 6.45) is 2.72. The van der Waals surface area contributed by atoms with Gasteiger partial charge in [-0.3, -0.25) is 9.59 Å². The molecule has 0 aliphatic heterocycles. The van der Waals surface area contributed by atoms with Crippen molar-refractivity contribution in [2.24, 2.45) is 5.92 Å². The normalized spacial score (nSPS) is 22.0. The summed E-state index contributed by atoms with van der Waals surface area (Å²) in [7, 11) is 0. The molecule has 1 N–H and O–H groups in total. The highest BCUT2D eigenvalue weighted by Crippen LogP contribution is 2.26. The van der Waals surface area contributed by atoms with E-state index in [1.165, 1.54) is 0 Å². The third-order valence-electron chi connectivity index (χ3n) is 3.08. The molecule has 0 bridgehead atoms. The molecule has 0 saturated heterocycles. The number of hydrogen-bond donors (Lipinski definition) is 1. The number of carbonyl (C=O) groups excluding carboxylic acids is 2. The lowest BCUT2D eigenvalue weighted by Crippen LogP contribution is -2.43. The average Bonchev–Trinajstić information content (AvgIpc) is 2.24. The van der Waals surface area contributed by atoms with Gasteiger partial charge in [-0.1, -0.05) is 6.92 Å². The minimum atomic E-state index is -0.461. The Morgan fingerprint density at radius 1 is 1.15 bits per heavy atom. The van der Waals surface area contributed by atoms with Gasteiger partial charge in [-0.2, -0.15) is 0 Å². The van der Waals surface area contributed by atoms with Crippen molar-refractivity contribution in [3.05, 3.63) is 0 Å². The Bertz CT molecular complexity index is 329. The fraction of sp³-hybridized carbons (Fsp3) is 0.867. The van der Waals surface area contributed by atoms with Crippen molar-refractivity contribution in [2.75, 3.05) is 13.2 Å². The van der Waals surface area contributed by atoms with Crippen molar-refractivity contribution in [2.45, 2.75) is 65.0 Å². The van der Waals surface area contributed by atoms with E-state index in [2.05, 4.69) is 12.2 Å². The molecule has 0 heterocycles. The van der Waals surface area contributed by atoms with Crippen LogP contribution in [0.15, 0.2) is 0 Å². The molecule has 20 heavy (non-hydrogen) atoms. The lowest BCUT2D eigenvalue weighted by Gasteiger charge is -2.33. The average molecular weight is 285 g/mol. The molecular weight excluding hydrogens is 258 g/mol. The molecule has 1 rings (SSSR count). The fourth-order valence-electron chi connectivity index (χ4n) is 2.14. The first-order chi connectivity index (χ1) is 9.26. The van der Waals surface area contributed by atoms with Crippen LogP contribution >= 0.6 is 0 Å². The van der Waals surface area contributed by atoms with Crippen molar-refractivity contribution in [3.8, 4) is 0 Å². The molecule has 5 nitrogen and oxygen atoms in total. The lowest BCUT2D eigenvalue weighted by atomic mass is 9.82. The van der Waals surface area contributed by atoms with Gasteiger partial charge in [0.25, 0.3) is 0 Å². The molecule has 0 unspecified atom stereocenters. The molecule has 0 aromatic carbocycles. The maximum atomic E-state index is 11.6. The zero-order valence-electron chi connectivity index (χ0n) is 13.0. The van der Waals surface area contributed by atoms with Gasteiger partial charge >= 0.3 is 5.97 Å². The second-order valence-corrected chi connectivity index (χ2v) is 6.54. The predicted octanol–water partition coefficient (Wildman–Crippen LogP) is 2.04. The maximum absolute atomic E-state index is 11.6.